The number of aromatic nitrogens is 2. The summed E-state index contributed by atoms with van der Waals surface area (Å²) in [7, 11) is 0. The van der Waals surface area contributed by atoms with Crippen LogP contribution in [0, 0.1) is 5.92 Å². The molecule has 0 radical (unpaired) electrons. The third kappa shape index (κ3) is 28.2. The zero-order chi connectivity index (χ0) is 37.0. The lowest BCUT2D eigenvalue weighted by Crippen LogP contribution is -2.49. The zero-order valence-electron chi connectivity index (χ0n) is 33.2. The van der Waals surface area contributed by atoms with Crippen molar-refractivity contribution in [3.05, 3.63) is 18.7 Å². The van der Waals surface area contributed by atoms with E-state index < -0.39 is 6.04 Å². The molecule has 296 valence electrons. The SMILES string of the molecule is CCCCCCCCCCCCCOC(=O)CCSCCC(NC(=O)C(CCCCCC)CCCCCCCC)C(=O)NCCCn1ccnc1. The van der Waals surface area contributed by atoms with E-state index in [9.17, 15) is 14.4 Å². The van der Waals surface area contributed by atoms with Crippen LogP contribution in [0.3, 0.4) is 0 Å². The maximum atomic E-state index is 13.6. The Balaban J connectivity index is 2.47. The molecule has 0 fully saturated rings. The number of imidazole rings is 1. The molecule has 8 nitrogen and oxygen atoms in total. The Morgan fingerprint density at radius 3 is 1.78 bits per heavy atom. The highest BCUT2D eigenvalue weighted by atomic mass is 32.2. The Hall–Kier alpha value is -2.03. The monoisotopic (exact) mass is 735 g/mol. The van der Waals surface area contributed by atoms with Gasteiger partial charge in [0.25, 0.3) is 0 Å². The second-order valence-corrected chi connectivity index (χ2v) is 15.7. The Labute approximate surface area is 317 Å². The van der Waals surface area contributed by atoms with Crippen molar-refractivity contribution in [2.24, 2.45) is 5.92 Å². The minimum Gasteiger partial charge on any atom is -0.466 e. The normalized spacial score (nSPS) is 12.5. The summed E-state index contributed by atoms with van der Waals surface area (Å²) in [5, 5.41) is 6.23. The predicted octanol–water partition coefficient (Wildman–Crippen LogP) is 10.6. The molecule has 2 N–H and O–H groups in total. The molecule has 1 heterocycles. The van der Waals surface area contributed by atoms with Gasteiger partial charge in [0, 0.05) is 37.2 Å². The van der Waals surface area contributed by atoms with Crippen LogP contribution in [0.4, 0.5) is 0 Å². The van der Waals surface area contributed by atoms with Gasteiger partial charge >= 0.3 is 5.97 Å². The molecule has 0 aliphatic rings. The summed E-state index contributed by atoms with van der Waals surface area (Å²) in [6, 6.07) is -0.575. The van der Waals surface area contributed by atoms with Crippen molar-refractivity contribution < 1.29 is 19.1 Å². The first-order chi connectivity index (χ1) is 25.0. The minimum atomic E-state index is -0.575. The van der Waals surface area contributed by atoms with Crippen LogP contribution in [0.5, 0.6) is 0 Å². The number of aryl methyl sites for hydroxylation is 1. The van der Waals surface area contributed by atoms with Gasteiger partial charge in [-0.1, -0.05) is 149 Å². The third-order valence-corrected chi connectivity index (χ3v) is 10.8. The van der Waals surface area contributed by atoms with Crippen LogP contribution in [0.2, 0.25) is 0 Å². The van der Waals surface area contributed by atoms with Gasteiger partial charge in [-0.15, -0.1) is 0 Å². The second kappa shape index (κ2) is 35.0. The van der Waals surface area contributed by atoms with E-state index in [-0.39, 0.29) is 23.7 Å². The van der Waals surface area contributed by atoms with Gasteiger partial charge in [0.1, 0.15) is 6.04 Å². The van der Waals surface area contributed by atoms with Gasteiger partial charge in [0.15, 0.2) is 0 Å². The van der Waals surface area contributed by atoms with Crippen molar-refractivity contribution in [2.75, 3.05) is 24.7 Å². The number of unbranched alkanes of at least 4 members (excludes halogenated alkanes) is 18. The molecule has 0 saturated heterocycles. The first kappa shape index (κ1) is 47.0. The van der Waals surface area contributed by atoms with Gasteiger partial charge in [0.2, 0.25) is 11.8 Å². The van der Waals surface area contributed by atoms with Crippen LogP contribution in [-0.2, 0) is 25.7 Å². The second-order valence-electron chi connectivity index (χ2n) is 14.5. The van der Waals surface area contributed by atoms with E-state index in [1.807, 2.05) is 10.8 Å². The van der Waals surface area contributed by atoms with Gasteiger partial charge in [-0.25, -0.2) is 4.98 Å². The van der Waals surface area contributed by atoms with Crippen molar-refractivity contribution in [1.29, 1.82) is 0 Å². The van der Waals surface area contributed by atoms with E-state index in [4.69, 9.17) is 4.74 Å². The highest BCUT2D eigenvalue weighted by Crippen LogP contribution is 2.20. The number of carbonyl (C=O) groups excluding carboxylic acids is 3. The van der Waals surface area contributed by atoms with Crippen LogP contribution in [-0.4, -0.2) is 58.0 Å². The number of thioether (sulfide) groups is 1. The number of esters is 1. The topological polar surface area (TPSA) is 102 Å². The first-order valence-electron chi connectivity index (χ1n) is 21.3. The zero-order valence-corrected chi connectivity index (χ0v) is 34.1. The van der Waals surface area contributed by atoms with Gasteiger partial charge in [-0.3, -0.25) is 14.4 Å². The van der Waals surface area contributed by atoms with Crippen molar-refractivity contribution >= 4 is 29.5 Å². The molecule has 0 saturated carbocycles. The van der Waals surface area contributed by atoms with E-state index in [1.54, 1.807) is 24.3 Å². The Morgan fingerprint density at radius 1 is 0.667 bits per heavy atom. The molecule has 0 aliphatic heterocycles. The Kier molecular flexibility index (Phi) is 32.3. The number of rotatable bonds is 37. The summed E-state index contributed by atoms with van der Waals surface area (Å²) < 4.78 is 7.48. The van der Waals surface area contributed by atoms with Gasteiger partial charge < -0.3 is 19.9 Å². The van der Waals surface area contributed by atoms with Crippen LogP contribution >= 0.6 is 11.8 Å². The molecule has 9 heteroatoms. The van der Waals surface area contributed by atoms with Crippen molar-refractivity contribution in [3.8, 4) is 0 Å². The van der Waals surface area contributed by atoms with Crippen LogP contribution < -0.4 is 10.6 Å². The lowest BCUT2D eigenvalue weighted by molar-refractivity contribution is -0.143. The number of nitrogens with one attached hydrogen (secondary N) is 2. The fourth-order valence-electron chi connectivity index (χ4n) is 6.45. The van der Waals surface area contributed by atoms with Crippen LogP contribution in [0.1, 0.15) is 188 Å². The highest BCUT2D eigenvalue weighted by molar-refractivity contribution is 7.99. The van der Waals surface area contributed by atoms with Gasteiger partial charge in [-0.05, 0) is 37.9 Å². The molecule has 0 aliphatic carbocycles. The van der Waals surface area contributed by atoms with E-state index in [0.717, 1.165) is 64.3 Å². The smallest absolute Gasteiger partial charge is 0.306 e. The number of hydrogen-bond donors (Lipinski definition) is 2. The molecule has 51 heavy (non-hydrogen) atoms. The average Bonchev–Trinajstić information content (AvgIpc) is 3.65. The van der Waals surface area contributed by atoms with E-state index >= 15 is 0 Å². The molecular formula is C42H78N4O4S. The van der Waals surface area contributed by atoms with E-state index in [2.05, 4.69) is 36.4 Å². The summed E-state index contributed by atoms with van der Waals surface area (Å²) in [6.45, 7) is 8.53. The summed E-state index contributed by atoms with van der Waals surface area (Å²) in [5.41, 5.74) is 0. The molecule has 2 unspecified atom stereocenters. The Morgan fingerprint density at radius 2 is 1.22 bits per heavy atom. The molecule has 0 bridgehead atoms. The summed E-state index contributed by atoms with van der Waals surface area (Å²) in [4.78, 5) is 43.4. The minimum absolute atomic E-state index is 0.0228. The molecule has 2 atom stereocenters. The molecule has 0 spiro atoms. The van der Waals surface area contributed by atoms with Crippen molar-refractivity contribution in [1.82, 2.24) is 20.2 Å². The quantitative estimate of drug-likeness (QED) is 0.0521. The molecule has 1 aromatic rings. The van der Waals surface area contributed by atoms with Crippen molar-refractivity contribution in [2.45, 2.75) is 200 Å². The predicted molar refractivity (Wildman–Crippen MR) is 216 cm³/mol. The summed E-state index contributed by atoms with van der Waals surface area (Å²) in [6.07, 6.45) is 34.7. The highest BCUT2D eigenvalue weighted by Gasteiger charge is 2.25. The molecule has 0 aromatic carbocycles. The van der Waals surface area contributed by atoms with Crippen LogP contribution in [0.15, 0.2) is 18.7 Å². The van der Waals surface area contributed by atoms with E-state index in [0.29, 0.717) is 37.5 Å². The molecule has 1 rings (SSSR count). The summed E-state index contributed by atoms with van der Waals surface area (Å²) >= 11 is 1.65. The standard InChI is InChI=1S/C42H78N4O4S/c1-4-7-10-13-15-16-17-18-19-21-24-34-50-40(47)29-36-51-35-28-39(42(49)44-30-25-32-46-33-31-43-37-46)45-41(48)38(26-22-12-9-6-3)27-23-20-14-11-8-5-2/h31,33,37-39H,4-30,32,34-36H2,1-3H3,(H,44,49)(H,45,48). The molecular weight excluding hydrogens is 657 g/mol. The number of amides is 2. The lowest BCUT2D eigenvalue weighted by atomic mass is 9.93. The molecule has 1 aromatic heterocycles. The van der Waals surface area contributed by atoms with E-state index in [1.165, 1.54) is 96.3 Å². The third-order valence-electron chi connectivity index (χ3n) is 9.78. The number of hydrogen-bond acceptors (Lipinski definition) is 6. The fourth-order valence-corrected chi connectivity index (χ4v) is 7.37. The molecule has 2 amide bonds. The maximum Gasteiger partial charge on any atom is 0.306 e. The number of carbonyl (C=O) groups is 3. The number of nitrogens with zero attached hydrogens (tertiary/aromatic N) is 2. The summed E-state index contributed by atoms with van der Waals surface area (Å²) in [5.74, 6) is 1.06. The maximum absolute atomic E-state index is 13.6. The van der Waals surface area contributed by atoms with Gasteiger partial charge in [-0.2, -0.15) is 11.8 Å². The fraction of sp³-hybridized carbons (Fsp3) is 0.857. The number of ether oxygens (including phenoxy) is 1. The van der Waals surface area contributed by atoms with Gasteiger partial charge in [0.05, 0.1) is 19.4 Å². The first-order valence-corrected chi connectivity index (χ1v) is 22.4. The largest absolute Gasteiger partial charge is 0.466 e. The average molecular weight is 735 g/mol. The van der Waals surface area contributed by atoms with Crippen LogP contribution in [0.25, 0.3) is 0 Å². The Bertz CT molecular complexity index is 945. The lowest BCUT2D eigenvalue weighted by Gasteiger charge is -2.23. The van der Waals surface area contributed by atoms with Crippen molar-refractivity contribution in [3.63, 3.8) is 0 Å².